The molecule has 2 amide bonds. The van der Waals surface area contributed by atoms with E-state index in [1.54, 1.807) is 36.5 Å². The molecule has 2 heterocycles. The van der Waals surface area contributed by atoms with Crippen LogP contribution in [0.2, 0.25) is 5.02 Å². The van der Waals surface area contributed by atoms with Crippen molar-refractivity contribution >= 4 is 39.3 Å². The summed E-state index contributed by atoms with van der Waals surface area (Å²) in [5, 5.41) is 5.64. The lowest BCUT2D eigenvalue weighted by Gasteiger charge is -2.19. The van der Waals surface area contributed by atoms with Gasteiger partial charge >= 0.3 is 0 Å². The van der Waals surface area contributed by atoms with Crippen molar-refractivity contribution in [3.05, 3.63) is 87.9 Å². The van der Waals surface area contributed by atoms with Crippen molar-refractivity contribution < 1.29 is 18.0 Å². The molecule has 0 saturated heterocycles. The molecule has 0 aliphatic carbocycles. The number of benzene rings is 1. The maximum absolute atomic E-state index is 12.8. The number of amides is 2. The summed E-state index contributed by atoms with van der Waals surface area (Å²) in [6.07, 6.45) is 3.75. The molecule has 10 nitrogen and oxygen atoms in total. The number of nitrogens with zero attached hydrogens (tertiary/aromatic N) is 2. The van der Waals surface area contributed by atoms with Gasteiger partial charge in [-0.05, 0) is 42.5 Å². The smallest absolute Gasteiger partial charge is 0.255 e. The molecule has 0 spiro atoms. The molecule has 1 atom stereocenters. The highest BCUT2D eigenvalue weighted by molar-refractivity contribution is 7.88. The lowest BCUT2D eigenvalue weighted by molar-refractivity contribution is -0.116. The molecule has 0 aliphatic rings. The predicted octanol–water partition coefficient (Wildman–Crippen LogP) is 1.56. The zero-order chi connectivity index (χ0) is 24.7. The van der Waals surface area contributed by atoms with E-state index in [0.717, 1.165) is 6.26 Å². The average molecular weight is 504 g/mol. The fourth-order valence-corrected chi connectivity index (χ4v) is 3.59. The van der Waals surface area contributed by atoms with Crippen LogP contribution >= 0.6 is 11.6 Å². The zero-order valence-electron chi connectivity index (χ0n) is 18.1. The third-order valence-electron chi connectivity index (χ3n) is 4.58. The van der Waals surface area contributed by atoms with Crippen LogP contribution in [0.1, 0.15) is 16.8 Å². The molecule has 3 N–H and O–H groups in total. The summed E-state index contributed by atoms with van der Waals surface area (Å²) in [4.78, 5) is 41.1. The fourth-order valence-electron chi connectivity index (χ4n) is 2.98. The Kier molecular flexibility index (Phi) is 8.16. The van der Waals surface area contributed by atoms with E-state index >= 15 is 0 Å². The Balaban J connectivity index is 1.69. The van der Waals surface area contributed by atoms with Gasteiger partial charge in [0.25, 0.3) is 11.5 Å². The summed E-state index contributed by atoms with van der Waals surface area (Å²) in [6, 6.07) is 13.3. The van der Waals surface area contributed by atoms with Gasteiger partial charge in [-0.15, -0.1) is 0 Å². The molecular weight excluding hydrogens is 482 g/mol. The van der Waals surface area contributed by atoms with Crippen molar-refractivity contribution in [3.8, 4) is 5.69 Å². The molecule has 0 aliphatic heterocycles. The van der Waals surface area contributed by atoms with E-state index in [9.17, 15) is 22.8 Å². The number of hydrogen-bond acceptors (Lipinski definition) is 6. The van der Waals surface area contributed by atoms with Crippen molar-refractivity contribution in [2.45, 2.75) is 12.5 Å². The van der Waals surface area contributed by atoms with Gasteiger partial charge in [0.2, 0.25) is 15.9 Å². The zero-order valence-corrected chi connectivity index (χ0v) is 19.6. The molecule has 12 heteroatoms. The number of pyridine rings is 2. The fraction of sp³-hybridized carbons (Fsp3) is 0.182. The van der Waals surface area contributed by atoms with E-state index in [4.69, 9.17) is 11.6 Å². The van der Waals surface area contributed by atoms with E-state index < -0.39 is 27.9 Å². The largest absolute Gasteiger partial charge is 0.347 e. The van der Waals surface area contributed by atoms with Crippen molar-refractivity contribution in [1.82, 2.24) is 19.6 Å². The van der Waals surface area contributed by atoms with Crippen LogP contribution in [-0.2, 0) is 14.8 Å². The first-order valence-electron chi connectivity index (χ1n) is 10.1. The molecule has 34 heavy (non-hydrogen) atoms. The normalized spacial score (nSPS) is 12.1. The third-order valence-corrected chi connectivity index (χ3v) is 5.50. The molecule has 1 unspecified atom stereocenters. The molecule has 0 radical (unpaired) electrons. The second-order valence-electron chi connectivity index (χ2n) is 7.36. The number of hydrogen-bond donors (Lipinski definition) is 3. The summed E-state index contributed by atoms with van der Waals surface area (Å²) in [5.74, 6) is -0.721. The molecule has 178 valence electrons. The molecule has 0 fully saturated rings. The number of aromatic nitrogens is 2. The van der Waals surface area contributed by atoms with E-state index in [-0.39, 0.29) is 29.9 Å². The molecule has 3 rings (SSSR count). The van der Waals surface area contributed by atoms with Crippen LogP contribution in [0.25, 0.3) is 5.69 Å². The Morgan fingerprint density at radius 2 is 1.82 bits per heavy atom. The quantitative estimate of drug-likeness (QED) is 0.405. The Hall–Kier alpha value is -3.54. The number of sulfonamides is 1. The first-order chi connectivity index (χ1) is 16.1. The Labute approximate surface area is 201 Å². The summed E-state index contributed by atoms with van der Waals surface area (Å²) >= 11 is 5.78. The average Bonchev–Trinajstić information content (AvgIpc) is 2.79. The number of anilines is 1. The molecule has 2 aromatic heterocycles. The minimum absolute atomic E-state index is 0.191. The Bertz CT molecular complexity index is 1320. The highest BCUT2D eigenvalue weighted by atomic mass is 35.5. The number of carbonyl (C=O) groups is 2. The van der Waals surface area contributed by atoms with Crippen molar-refractivity contribution in [1.29, 1.82) is 0 Å². The van der Waals surface area contributed by atoms with Crippen molar-refractivity contribution in [3.63, 3.8) is 0 Å². The summed E-state index contributed by atoms with van der Waals surface area (Å²) < 4.78 is 26.8. The summed E-state index contributed by atoms with van der Waals surface area (Å²) in [5.41, 5.74) is 0.636. The van der Waals surface area contributed by atoms with Crippen molar-refractivity contribution in [2.24, 2.45) is 0 Å². The second kappa shape index (κ2) is 11.1. The van der Waals surface area contributed by atoms with Gasteiger partial charge in [0, 0.05) is 42.7 Å². The van der Waals surface area contributed by atoms with Gasteiger partial charge < -0.3 is 10.6 Å². The molecular formula is C22H22ClN5O5S. The number of rotatable bonds is 9. The topological polar surface area (TPSA) is 139 Å². The minimum Gasteiger partial charge on any atom is -0.347 e. The molecule has 1 aromatic carbocycles. The maximum Gasteiger partial charge on any atom is 0.255 e. The van der Waals surface area contributed by atoms with E-state index in [2.05, 4.69) is 20.3 Å². The minimum atomic E-state index is -3.55. The Morgan fingerprint density at radius 1 is 1.09 bits per heavy atom. The van der Waals surface area contributed by atoms with Gasteiger partial charge in [0.15, 0.2) is 0 Å². The molecule has 0 saturated carbocycles. The van der Waals surface area contributed by atoms with Crippen LogP contribution in [0.3, 0.4) is 0 Å². The molecule has 0 bridgehead atoms. The lowest BCUT2D eigenvalue weighted by atomic mass is 10.1. The summed E-state index contributed by atoms with van der Waals surface area (Å²) in [7, 11) is -3.55. The van der Waals surface area contributed by atoms with Crippen LogP contribution < -0.4 is 20.9 Å². The van der Waals surface area contributed by atoms with Crippen LogP contribution in [-0.4, -0.2) is 48.6 Å². The predicted molar refractivity (Wildman–Crippen MR) is 129 cm³/mol. The maximum atomic E-state index is 12.8. The second-order valence-corrected chi connectivity index (χ2v) is 9.63. The van der Waals surface area contributed by atoms with Gasteiger partial charge in [0.05, 0.1) is 17.3 Å². The number of halogens is 1. The van der Waals surface area contributed by atoms with Gasteiger partial charge in [-0.1, -0.05) is 17.7 Å². The van der Waals surface area contributed by atoms with Crippen molar-refractivity contribution in [2.75, 3.05) is 18.1 Å². The summed E-state index contributed by atoms with van der Waals surface area (Å²) in [6.45, 7) is -0.191. The number of nitrogens with one attached hydrogen (secondary N) is 3. The lowest BCUT2D eigenvalue weighted by Crippen LogP contribution is -2.45. The van der Waals surface area contributed by atoms with Crippen LogP contribution in [0.4, 0.5) is 5.82 Å². The van der Waals surface area contributed by atoms with E-state index in [0.29, 0.717) is 10.7 Å². The number of carbonyl (C=O) groups excluding carboxylic acids is 2. The first-order valence-corrected chi connectivity index (χ1v) is 12.3. The highest BCUT2D eigenvalue weighted by Crippen LogP contribution is 2.11. The standard InChI is InChI=1S/C22H22ClN5O5S/c1-34(32,33)25-14-17(12-20(29)27-19-10-7-16(23)13-24-19)26-22(31)15-5-8-18(9-6-15)28-11-3-2-4-21(28)30/h2-11,13,17,25H,12,14H2,1H3,(H,26,31)(H,24,27,29). The van der Waals surface area contributed by atoms with Gasteiger partial charge in [-0.25, -0.2) is 18.1 Å². The monoisotopic (exact) mass is 503 g/mol. The third kappa shape index (κ3) is 7.51. The SMILES string of the molecule is CS(=O)(=O)NCC(CC(=O)Nc1ccc(Cl)cn1)NC(=O)c1ccc(-n2ccccc2=O)cc1. The van der Waals surface area contributed by atoms with Crippen LogP contribution in [0.5, 0.6) is 0 Å². The van der Waals surface area contributed by atoms with Crippen LogP contribution in [0, 0.1) is 0 Å². The first kappa shape index (κ1) is 25.1. The van der Waals surface area contributed by atoms with E-state index in [1.165, 1.54) is 35.0 Å². The van der Waals surface area contributed by atoms with Crippen LogP contribution in [0.15, 0.2) is 71.8 Å². The van der Waals surface area contributed by atoms with Gasteiger partial charge in [0.1, 0.15) is 5.82 Å². The van der Waals surface area contributed by atoms with Gasteiger partial charge in [-0.2, -0.15) is 0 Å². The highest BCUT2D eigenvalue weighted by Gasteiger charge is 2.19. The van der Waals surface area contributed by atoms with E-state index in [1.807, 2.05) is 0 Å². The molecule has 3 aromatic rings. The van der Waals surface area contributed by atoms with Gasteiger partial charge in [-0.3, -0.25) is 19.0 Å². The Morgan fingerprint density at radius 3 is 2.44 bits per heavy atom.